The van der Waals surface area contributed by atoms with Gasteiger partial charge in [-0.1, -0.05) is 35.9 Å². The van der Waals surface area contributed by atoms with Crippen molar-refractivity contribution < 1.29 is 14.3 Å². The number of likely N-dealkylation sites (N-methyl/N-ethyl adjacent to an activating group) is 1. The van der Waals surface area contributed by atoms with Crippen molar-refractivity contribution in [2.24, 2.45) is 0 Å². The van der Waals surface area contributed by atoms with Gasteiger partial charge in [-0.2, -0.15) is 0 Å². The van der Waals surface area contributed by atoms with E-state index in [4.69, 9.17) is 4.74 Å². The van der Waals surface area contributed by atoms with Crippen molar-refractivity contribution in [2.75, 3.05) is 20.1 Å². The molecule has 0 aliphatic carbocycles. The summed E-state index contributed by atoms with van der Waals surface area (Å²) in [4.78, 5) is 26.3. The number of hydrogen-bond acceptors (Lipinski definition) is 4. The largest absolute Gasteiger partial charge is 0.459 e. The predicted molar refractivity (Wildman–Crippen MR) is 112 cm³/mol. The molecule has 0 bridgehead atoms. The molecule has 0 aliphatic heterocycles. The smallest absolute Gasteiger partial charge is 0.326 e. The number of rotatable bonds is 9. The summed E-state index contributed by atoms with van der Waals surface area (Å²) in [5.74, 6) is -0.533. The summed E-state index contributed by atoms with van der Waals surface area (Å²) in [5, 5.41) is 3.27. The second kappa shape index (κ2) is 11.8. The van der Waals surface area contributed by atoms with Crippen LogP contribution in [0.25, 0.3) is 0 Å². The third-order valence-electron chi connectivity index (χ3n) is 3.76. The SMILES string of the molecule is C=CCCN[C@@H](Cc1ccc(C)cc1)C(=O)N(C)CC(=O)OC(C)(C)C.Cl. The van der Waals surface area contributed by atoms with Crippen molar-refractivity contribution in [2.45, 2.75) is 52.2 Å². The molecule has 0 aromatic heterocycles. The number of esters is 1. The molecule has 0 radical (unpaired) electrons. The van der Waals surface area contributed by atoms with E-state index in [1.54, 1.807) is 7.05 Å². The zero-order chi connectivity index (χ0) is 19.7. The van der Waals surface area contributed by atoms with Crippen LogP contribution in [0.4, 0.5) is 0 Å². The first-order valence-corrected chi connectivity index (χ1v) is 8.99. The number of benzene rings is 1. The van der Waals surface area contributed by atoms with Crippen LogP contribution in [0.2, 0.25) is 0 Å². The maximum atomic E-state index is 12.8. The Morgan fingerprint density at radius 3 is 2.37 bits per heavy atom. The molecule has 27 heavy (non-hydrogen) atoms. The molecule has 1 rings (SSSR count). The summed E-state index contributed by atoms with van der Waals surface area (Å²) < 4.78 is 5.30. The Morgan fingerprint density at radius 2 is 1.85 bits per heavy atom. The number of nitrogens with one attached hydrogen (secondary N) is 1. The van der Waals surface area contributed by atoms with Crippen LogP contribution in [0.15, 0.2) is 36.9 Å². The van der Waals surface area contributed by atoms with Gasteiger partial charge in [0.1, 0.15) is 12.1 Å². The third kappa shape index (κ3) is 10.2. The predicted octanol–water partition coefficient (Wildman–Crippen LogP) is 3.29. The minimum Gasteiger partial charge on any atom is -0.459 e. The molecule has 0 fully saturated rings. The lowest BCUT2D eigenvalue weighted by molar-refractivity contribution is -0.158. The number of aryl methyl sites for hydroxylation is 1. The van der Waals surface area contributed by atoms with Crippen LogP contribution < -0.4 is 5.32 Å². The van der Waals surface area contributed by atoms with Crippen LogP contribution in [0.3, 0.4) is 0 Å². The lowest BCUT2D eigenvalue weighted by Gasteiger charge is -2.26. The molecule has 1 atom stereocenters. The first-order valence-electron chi connectivity index (χ1n) is 8.99. The first-order chi connectivity index (χ1) is 12.1. The Morgan fingerprint density at radius 1 is 1.26 bits per heavy atom. The van der Waals surface area contributed by atoms with E-state index >= 15 is 0 Å². The number of hydrogen-bond donors (Lipinski definition) is 1. The van der Waals surface area contributed by atoms with Gasteiger partial charge in [0.25, 0.3) is 0 Å². The highest BCUT2D eigenvalue weighted by atomic mass is 35.5. The van der Waals surface area contributed by atoms with E-state index in [9.17, 15) is 9.59 Å². The second-order valence-electron chi connectivity index (χ2n) is 7.55. The normalized spacial score (nSPS) is 11.9. The zero-order valence-electron chi connectivity index (χ0n) is 17.1. The molecular weight excluding hydrogens is 364 g/mol. The Labute approximate surface area is 169 Å². The molecule has 1 aromatic carbocycles. The van der Waals surface area contributed by atoms with Crippen LogP contribution in [-0.2, 0) is 20.7 Å². The number of ether oxygens (including phenoxy) is 1. The molecule has 0 aliphatic rings. The van der Waals surface area contributed by atoms with Gasteiger partial charge in [0.2, 0.25) is 5.91 Å². The molecule has 152 valence electrons. The van der Waals surface area contributed by atoms with E-state index in [1.165, 1.54) is 10.5 Å². The number of carbonyl (C=O) groups excluding carboxylic acids is 2. The van der Waals surface area contributed by atoms with Crippen LogP contribution in [0.5, 0.6) is 0 Å². The Hall–Kier alpha value is -1.85. The van der Waals surface area contributed by atoms with Gasteiger partial charge in [0.05, 0.1) is 6.04 Å². The van der Waals surface area contributed by atoms with Gasteiger partial charge in [-0.25, -0.2) is 0 Å². The lowest BCUT2D eigenvalue weighted by Crippen LogP contribution is -2.48. The minimum absolute atomic E-state index is 0. The van der Waals surface area contributed by atoms with E-state index in [2.05, 4.69) is 11.9 Å². The summed E-state index contributed by atoms with van der Waals surface area (Å²) in [7, 11) is 1.63. The number of nitrogens with zero attached hydrogens (tertiary/aromatic N) is 1. The highest BCUT2D eigenvalue weighted by Gasteiger charge is 2.25. The molecule has 0 unspecified atom stereocenters. The Balaban J connectivity index is 0.00000676. The summed E-state index contributed by atoms with van der Waals surface area (Å²) in [6.07, 6.45) is 3.15. The van der Waals surface area contributed by atoms with Gasteiger partial charge < -0.3 is 15.0 Å². The molecule has 0 heterocycles. The van der Waals surface area contributed by atoms with Crippen LogP contribution >= 0.6 is 12.4 Å². The van der Waals surface area contributed by atoms with Crippen molar-refractivity contribution in [3.63, 3.8) is 0 Å². The average Bonchev–Trinajstić information content (AvgIpc) is 2.53. The fourth-order valence-electron chi connectivity index (χ4n) is 2.48. The minimum atomic E-state index is -0.565. The van der Waals surface area contributed by atoms with Crippen molar-refractivity contribution in [3.05, 3.63) is 48.0 Å². The Bertz CT molecular complexity index is 609. The van der Waals surface area contributed by atoms with Crippen molar-refractivity contribution in [1.82, 2.24) is 10.2 Å². The van der Waals surface area contributed by atoms with Gasteiger partial charge >= 0.3 is 5.97 Å². The molecule has 0 saturated heterocycles. The Kier molecular flexibility index (Phi) is 11.0. The fourth-order valence-corrected chi connectivity index (χ4v) is 2.48. The quantitative estimate of drug-likeness (QED) is 0.395. The van der Waals surface area contributed by atoms with Crippen LogP contribution in [0, 0.1) is 6.92 Å². The van der Waals surface area contributed by atoms with Gasteiger partial charge in [0, 0.05) is 7.05 Å². The fraction of sp³-hybridized carbons (Fsp3) is 0.524. The average molecular weight is 397 g/mol. The van der Waals surface area contributed by atoms with Crippen LogP contribution in [-0.4, -0.2) is 48.6 Å². The molecule has 6 heteroatoms. The summed E-state index contributed by atoms with van der Waals surface area (Å²) in [6.45, 7) is 11.8. The number of carbonyl (C=O) groups is 2. The molecule has 1 N–H and O–H groups in total. The standard InChI is InChI=1S/C21H32N2O3.ClH/c1-7-8-13-22-18(14-17-11-9-16(2)10-12-17)20(25)23(6)15-19(24)26-21(3,4)5;/h7,9-12,18,22H,1,8,13-15H2,2-6H3;1H/t18-;/m0./s1. The van der Waals surface area contributed by atoms with E-state index in [-0.39, 0.29) is 24.9 Å². The van der Waals surface area contributed by atoms with Gasteiger partial charge in [-0.05, 0) is 52.6 Å². The van der Waals surface area contributed by atoms with Gasteiger partial charge in [-0.15, -0.1) is 19.0 Å². The maximum Gasteiger partial charge on any atom is 0.326 e. The molecule has 0 saturated carbocycles. The molecule has 0 spiro atoms. The number of amides is 1. The van der Waals surface area contributed by atoms with E-state index in [0.29, 0.717) is 13.0 Å². The maximum absolute atomic E-state index is 12.8. The molecular formula is C21H33ClN2O3. The van der Waals surface area contributed by atoms with E-state index in [1.807, 2.05) is 58.0 Å². The lowest BCUT2D eigenvalue weighted by atomic mass is 10.0. The summed E-state index contributed by atoms with van der Waals surface area (Å²) in [6, 6.07) is 7.72. The second-order valence-corrected chi connectivity index (χ2v) is 7.55. The third-order valence-corrected chi connectivity index (χ3v) is 3.76. The molecule has 5 nitrogen and oxygen atoms in total. The summed E-state index contributed by atoms with van der Waals surface area (Å²) in [5.41, 5.74) is 1.69. The van der Waals surface area contributed by atoms with Gasteiger partial charge in [-0.3, -0.25) is 9.59 Å². The zero-order valence-corrected chi connectivity index (χ0v) is 17.9. The van der Waals surface area contributed by atoms with E-state index in [0.717, 1.165) is 12.0 Å². The van der Waals surface area contributed by atoms with Crippen molar-refractivity contribution >= 4 is 24.3 Å². The first kappa shape index (κ1) is 25.1. The van der Waals surface area contributed by atoms with Crippen molar-refractivity contribution in [1.29, 1.82) is 0 Å². The molecule has 1 amide bonds. The molecule has 1 aromatic rings. The van der Waals surface area contributed by atoms with Crippen LogP contribution in [0.1, 0.15) is 38.3 Å². The monoisotopic (exact) mass is 396 g/mol. The van der Waals surface area contributed by atoms with Crippen molar-refractivity contribution in [3.8, 4) is 0 Å². The van der Waals surface area contributed by atoms with Gasteiger partial charge in [0.15, 0.2) is 0 Å². The highest BCUT2D eigenvalue weighted by Crippen LogP contribution is 2.10. The topological polar surface area (TPSA) is 58.6 Å². The number of halogens is 1. The van der Waals surface area contributed by atoms with E-state index < -0.39 is 17.6 Å². The summed E-state index contributed by atoms with van der Waals surface area (Å²) >= 11 is 0. The highest BCUT2D eigenvalue weighted by molar-refractivity contribution is 5.86.